The van der Waals surface area contributed by atoms with Gasteiger partial charge in [0.2, 0.25) is 0 Å². The summed E-state index contributed by atoms with van der Waals surface area (Å²) in [4.78, 5) is 96.8. The van der Waals surface area contributed by atoms with Gasteiger partial charge in [0.25, 0.3) is 0 Å². The highest BCUT2D eigenvalue weighted by Crippen LogP contribution is 2.66. The topological polar surface area (TPSA) is 269 Å². The number of ether oxygens (including phenoxy) is 10. The fraction of sp³-hybridized carbons (Fsp3) is 0.912. The van der Waals surface area contributed by atoms with E-state index in [0.717, 1.165) is 126 Å². The Labute approximate surface area is 664 Å². The largest absolute Gasteiger partial charge is 0.459 e. The molecule has 20 nitrogen and oxygen atoms in total. The summed E-state index contributed by atoms with van der Waals surface area (Å²) in [6.45, 7) is 39.7. The van der Waals surface area contributed by atoms with Gasteiger partial charge in [-0.1, -0.05) is 61.8 Å². The predicted octanol–water partition coefficient (Wildman–Crippen LogP) is 16.7. The molecule has 16 bridgehead atoms. The van der Waals surface area contributed by atoms with Crippen molar-refractivity contribution in [2.24, 2.45) is 104 Å². The molecule has 111 heavy (non-hydrogen) atoms. The van der Waals surface area contributed by atoms with Crippen molar-refractivity contribution in [3.63, 3.8) is 0 Å². The molecule has 0 spiro atoms. The number of carbonyl (C=O) groups excluding carboxylic acids is 8. The Morgan fingerprint density at radius 3 is 1.09 bits per heavy atom. The van der Waals surface area contributed by atoms with Gasteiger partial charge in [0, 0.05) is 18.8 Å². The monoisotopic (exact) mass is 1560 g/mol. The van der Waals surface area contributed by atoms with Gasteiger partial charge in [0.05, 0.1) is 67.7 Å². The van der Waals surface area contributed by atoms with Crippen LogP contribution in [0.25, 0.3) is 0 Å². The van der Waals surface area contributed by atoms with Crippen LogP contribution in [0.15, 0.2) is 0 Å². The first kappa shape index (κ1) is 86.0. The maximum absolute atomic E-state index is 12.6. The van der Waals surface area contributed by atoms with E-state index in [4.69, 9.17) is 47.4 Å². The molecule has 19 rings (SSSR count). The van der Waals surface area contributed by atoms with Crippen molar-refractivity contribution < 1.29 is 95.9 Å². The fourth-order valence-corrected chi connectivity index (χ4v) is 23.8. The minimum absolute atomic E-state index is 0.00870. The molecule has 19 fully saturated rings. The van der Waals surface area contributed by atoms with Gasteiger partial charge in [0.15, 0.2) is 24.4 Å². The molecular formula is C91H144O20. The van der Waals surface area contributed by atoms with Gasteiger partial charge < -0.3 is 57.6 Å². The van der Waals surface area contributed by atoms with Crippen LogP contribution < -0.4 is 0 Å². The zero-order valence-electron chi connectivity index (χ0n) is 71.7. The minimum Gasteiger partial charge on any atom is -0.459 e. The van der Waals surface area contributed by atoms with Gasteiger partial charge >= 0.3 is 47.8 Å². The molecule has 0 aromatic heterocycles. The summed E-state index contributed by atoms with van der Waals surface area (Å²) in [7, 11) is 0. The van der Waals surface area contributed by atoms with Crippen molar-refractivity contribution >= 4 is 47.8 Å². The van der Waals surface area contributed by atoms with Crippen LogP contribution in [0, 0.1) is 104 Å². The van der Waals surface area contributed by atoms with Gasteiger partial charge in [-0.25, -0.2) is 0 Å². The summed E-state index contributed by atoms with van der Waals surface area (Å²) in [6, 6.07) is 0. The van der Waals surface area contributed by atoms with Crippen LogP contribution in [0.1, 0.15) is 338 Å². The summed E-state index contributed by atoms with van der Waals surface area (Å²) in [5, 5.41) is 21.3. The molecule has 6 saturated heterocycles. The molecular weight excluding hydrogens is 1410 g/mol. The lowest BCUT2D eigenvalue weighted by molar-refractivity contribution is -0.226. The first-order valence-electron chi connectivity index (χ1n) is 44.3. The highest BCUT2D eigenvalue weighted by Gasteiger charge is 2.69. The molecule has 0 aromatic rings. The number of aliphatic hydroxyl groups is 2. The van der Waals surface area contributed by atoms with Crippen LogP contribution >= 0.6 is 0 Å². The fourth-order valence-electron chi connectivity index (χ4n) is 23.8. The standard InChI is InChI=1S/C18H30O2.2C16H26O3.C15H26O2.2C13H18O5/c1-5-17(3,4)16(19)20-18(6-2)11-12-10-15(18)14-9-7-8-13(12)14;2*1-4-14(2,3)13(17)19-16-8-11-5-12(9-16)7-15(18,6-11)10-16;1-5-14(3,4)13(16)17-15(6-2)10-11-7-8-12(15)9-11;2*1-4-13(2,3)12(15)18-9-7-5-6-8(16-7)10(9)17-11(6)14/h12-15H,5-11H2,1-4H3;2*11-12,18H,4-10H2,1-3H3;11-12H,5-10H2,1-4H3;2*6-10H,4-5H2,1-3H3. The molecule has 22 unspecified atom stereocenters. The predicted molar refractivity (Wildman–Crippen MR) is 415 cm³/mol. The number of esters is 8. The summed E-state index contributed by atoms with van der Waals surface area (Å²) >= 11 is 0. The average molecular weight is 1560 g/mol. The lowest BCUT2D eigenvalue weighted by atomic mass is 9.52. The zero-order valence-corrected chi connectivity index (χ0v) is 71.7. The van der Waals surface area contributed by atoms with E-state index in [1.54, 1.807) is 0 Å². The Morgan fingerprint density at radius 1 is 0.387 bits per heavy atom. The number of fused-ring (bicyclic) bond motifs is 9. The Balaban J connectivity index is 0.000000124. The number of hydrogen-bond acceptors (Lipinski definition) is 20. The Bertz CT molecular complexity index is 3270. The van der Waals surface area contributed by atoms with Crippen molar-refractivity contribution in [1.82, 2.24) is 0 Å². The Kier molecular flexibility index (Phi) is 24.1. The maximum atomic E-state index is 12.6. The Morgan fingerprint density at radius 2 is 0.748 bits per heavy atom. The molecule has 2 N–H and O–H groups in total. The average Bonchev–Trinajstić information content (AvgIpc) is 0.890. The van der Waals surface area contributed by atoms with E-state index in [1.165, 1.54) is 57.8 Å². The second-order valence-electron chi connectivity index (χ2n) is 42.7. The molecule has 6 heterocycles. The van der Waals surface area contributed by atoms with E-state index in [9.17, 15) is 48.6 Å². The van der Waals surface area contributed by atoms with E-state index in [1.807, 2.05) is 111 Å². The highest BCUT2D eigenvalue weighted by molar-refractivity contribution is 5.81. The van der Waals surface area contributed by atoms with E-state index in [-0.39, 0.29) is 117 Å². The molecule has 0 aromatic carbocycles. The number of rotatable bonds is 20. The smallest absolute Gasteiger partial charge is 0.312 e. The van der Waals surface area contributed by atoms with Gasteiger partial charge in [-0.2, -0.15) is 0 Å². The summed E-state index contributed by atoms with van der Waals surface area (Å²) in [5.41, 5.74) is -4.58. The van der Waals surface area contributed by atoms with E-state index < -0.39 is 57.3 Å². The van der Waals surface area contributed by atoms with Gasteiger partial charge in [-0.3, -0.25) is 38.4 Å². The third-order valence-corrected chi connectivity index (χ3v) is 32.5. The molecule has 6 aliphatic heterocycles. The zero-order chi connectivity index (χ0) is 81.2. The second kappa shape index (κ2) is 31.1. The molecule has 0 amide bonds. The third-order valence-electron chi connectivity index (χ3n) is 32.5. The quantitative estimate of drug-likeness (QED) is 0.0847. The number of carbonyl (C=O) groups is 8. The second-order valence-corrected chi connectivity index (χ2v) is 42.7. The molecule has 0 radical (unpaired) electrons. The Hall–Kier alpha value is -4.40. The van der Waals surface area contributed by atoms with Crippen molar-refractivity contribution in [2.75, 3.05) is 0 Å². The van der Waals surface area contributed by atoms with Gasteiger partial charge in [0.1, 0.15) is 34.6 Å². The molecule has 19 aliphatic rings. The molecule has 22 atom stereocenters. The van der Waals surface area contributed by atoms with Crippen LogP contribution in [0.4, 0.5) is 0 Å². The third kappa shape index (κ3) is 16.7. The first-order valence-corrected chi connectivity index (χ1v) is 44.3. The summed E-state index contributed by atoms with van der Waals surface area (Å²) < 4.78 is 57.1. The summed E-state index contributed by atoms with van der Waals surface area (Å²) in [6.07, 6.45) is 28.5. The lowest BCUT2D eigenvalue weighted by Crippen LogP contribution is -2.61. The SMILES string of the molecule is CCC(C)(C)C(=O)OC1(CC)CC2CC1C1CCCC21.CCC(C)(C)C(=O)OC1(CC)CC2CCC1C2.CCC(C)(C)C(=O)OC12CC3CC(CC(O)(C3)C1)C2.CCC(C)(C)C(=O)OC12CC3CC(CC(O)(C3)C1)C2.CCC(C)(C)C(=O)OC1C2CC3C(=O)OC1C3O2.CCC(C)(C)C(=O)OC1C2CC3C(=O)OC1C3O2. The van der Waals surface area contributed by atoms with Crippen molar-refractivity contribution in [1.29, 1.82) is 0 Å². The van der Waals surface area contributed by atoms with E-state index in [0.29, 0.717) is 74.0 Å². The van der Waals surface area contributed by atoms with Crippen LogP contribution in [0.3, 0.4) is 0 Å². The van der Waals surface area contributed by atoms with E-state index in [2.05, 4.69) is 27.7 Å². The highest BCUT2D eigenvalue weighted by atomic mass is 16.7. The van der Waals surface area contributed by atoms with Crippen molar-refractivity contribution in [2.45, 2.75) is 420 Å². The minimum atomic E-state index is -0.555. The maximum Gasteiger partial charge on any atom is 0.312 e. The molecule has 13 aliphatic carbocycles. The van der Waals surface area contributed by atoms with Crippen LogP contribution in [-0.4, -0.2) is 140 Å². The van der Waals surface area contributed by atoms with Gasteiger partial charge in [-0.05, 0) is 316 Å². The van der Waals surface area contributed by atoms with Crippen LogP contribution in [0.2, 0.25) is 0 Å². The number of hydrogen-bond donors (Lipinski definition) is 2. The molecule has 628 valence electrons. The first-order chi connectivity index (χ1) is 51.8. The normalized spacial score (nSPS) is 41.8. The van der Waals surface area contributed by atoms with E-state index >= 15 is 0 Å². The van der Waals surface area contributed by atoms with Crippen LogP contribution in [-0.2, 0) is 85.7 Å². The molecule has 13 saturated carbocycles. The van der Waals surface area contributed by atoms with Crippen molar-refractivity contribution in [3.05, 3.63) is 0 Å². The molecule has 20 heteroatoms. The van der Waals surface area contributed by atoms with Crippen LogP contribution in [0.5, 0.6) is 0 Å². The lowest BCUT2D eigenvalue weighted by Gasteiger charge is -2.59. The van der Waals surface area contributed by atoms with Crippen molar-refractivity contribution in [3.8, 4) is 0 Å². The van der Waals surface area contributed by atoms with Gasteiger partial charge in [-0.15, -0.1) is 0 Å². The summed E-state index contributed by atoms with van der Waals surface area (Å²) in [5.74, 6) is 5.67.